The lowest BCUT2D eigenvalue weighted by atomic mass is 10.1. The fourth-order valence-electron chi connectivity index (χ4n) is 1.07. The van der Waals surface area contributed by atoms with Gasteiger partial charge in [0.25, 0.3) is 0 Å². The molecule has 0 atom stereocenters. The van der Waals surface area contributed by atoms with Gasteiger partial charge in [0.2, 0.25) is 0 Å². The maximum Gasteiger partial charge on any atom is 0.335 e. The first-order chi connectivity index (χ1) is 6.79. The molecule has 0 fully saturated rings. The average Bonchev–Trinajstić information content (AvgIpc) is 2.05. The van der Waals surface area contributed by atoms with Crippen LogP contribution in [0.15, 0.2) is 18.2 Å². The highest BCUT2D eigenvalue weighted by Crippen LogP contribution is 2.29. The second kappa shape index (κ2) is 3.81. The third-order valence-corrected chi connectivity index (χ3v) is 1.62. The number of ether oxygens (including phenoxy) is 1. The Labute approximate surface area is 88.1 Å². The van der Waals surface area contributed by atoms with Crippen LogP contribution in [0, 0.1) is 0 Å². The third-order valence-electron chi connectivity index (χ3n) is 1.62. The van der Waals surface area contributed by atoms with Gasteiger partial charge in [-0.25, -0.2) is 4.79 Å². The standard InChI is InChI=1S/C11H14O4/c1-11(2,3)15-9-5-4-7(10(13)14)6-8(9)12/h4-6,12H,1-3H3,(H,13,14). The average molecular weight is 210 g/mol. The highest BCUT2D eigenvalue weighted by atomic mass is 16.5. The lowest BCUT2D eigenvalue weighted by Gasteiger charge is -2.21. The van der Waals surface area contributed by atoms with Crippen LogP contribution in [0.25, 0.3) is 0 Å². The van der Waals surface area contributed by atoms with Gasteiger partial charge in [0, 0.05) is 0 Å². The molecule has 0 aliphatic rings. The molecule has 0 unspecified atom stereocenters. The summed E-state index contributed by atoms with van der Waals surface area (Å²) in [5.41, 5.74) is -0.392. The summed E-state index contributed by atoms with van der Waals surface area (Å²) in [5.74, 6) is -0.954. The molecule has 0 radical (unpaired) electrons. The minimum atomic E-state index is -1.08. The Balaban J connectivity index is 2.99. The van der Waals surface area contributed by atoms with Gasteiger partial charge < -0.3 is 14.9 Å². The van der Waals surface area contributed by atoms with Gasteiger partial charge >= 0.3 is 5.97 Å². The van der Waals surface area contributed by atoms with Crippen LogP contribution < -0.4 is 4.74 Å². The van der Waals surface area contributed by atoms with Crippen LogP contribution in [-0.2, 0) is 0 Å². The molecule has 0 amide bonds. The topological polar surface area (TPSA) is 66.8 Å². The number of aromatic hydroxyl groups is 1. The van der Waals surface area contributed by atoms with Crippen molar-refractivity contribution in [3.63, 3.8) is 0 Å². The van der Waals surface area contributed by atoms with Crippen molar-refractivity contribution in [1.29, 1.82) is 0 Å². The zero-order chi connectivity index (χ0) is 11.6. The molecule has 1 aromatic rings. The summed E-state index contributed by atoms with van der Waals surface area (Å²) in [5, 5.41) is 18.2. The SMILES string of the molecule is CC(C)(C)Oc1ccc(C(=O)O)cc1O. The molecule has 2 N–H and O–H groups in total. The Morgan fingerprint density at radius 1 is 1.33 bits per heavy atom. The maximum absolute atomic E-state index is 10.6. The molecule has 1 rings (SSSR count). The summed E-state index contributed by atoms with van der Waals surface area (Å²) in [6, 6.07) is 4.01. The molecule has 1 aromatic carbocycles. The Kier molecular flexibility index (Phi) is 2.88. The van der Waals surface area contributed by atoms with Gasteiger partial charge in [-0.1, -0.05) is 0 Å². The second-order valence-corrected chi connectivity index (χ2v) is 4.20. The molecule has 4 heteroatoms. The number of aromatic carboxylic acids is 1. The molecule has 4 nitrogen and oxygen atoms in total. The number of hydrogen-bond acceptors (Lipinski definition) is 3. The van der Waals surface area contributed by atoms with Crippen LogP contribution in [0.2, 0.25) is 0 Å². The number of phenolic OH excluding ortho intramolecular Hbond substituents is 1. The molecule has 0 spiro atoms. The Hall–Kier alpha value is -1.71. The normalized spacial score (nSPS) is 11.1. The first kappa shape index (κ1) is 11.4. The maximum atomic E-state index is 10.6. The van der Waals surface area contributed by atoms with E-state index in [1.165, 1.54) is 18.2 Å². The molecule has 0 aliphatic heterocycles. The van der Waals surface area contributed by atoms with Gasteiger partial charge in [-0.3, -0.25) is 0 Å². The Morgan fingerprint density at radius 2 is 1.93 bits per heavy atom. The number of benzene rings is 1. The van der Waals surface area contributed by atoms with E-state index in [0.717, 1.165) is 0 Å². The molecular weight excluding hydrogens is 196 g/mol. The molecule has 0 aromatic heterocycles. The number of carboxylic acid groups (broad SMARTS) is 1. The largest absolute Gasteiger partial charge is 0.504 e. The lowest BCUT2D eigenvalue weighted by Crippen LogP contribution is -2.23. The summed E-state index contributed by atoms with van der Waals surface area (Å²) in [6.45, 7) is 5.53. The van der Waals surface area contributed by atoms with Crippen molar-refractivity contribution in [3.8, 4) is 11.5 Å². The summed E-state index contributed by atoms with van der Waals surface area (Å²) < 4.78 is 5.42. The summed E-state index contributed by atoms with van der Waals surface area (Å²) in [4.78, 5) is 10.6. The van der Waals surface area contributed by atoms with Gasteiger partial charge in [-0.2, -0.15) is 0 Å². The Bertz CT molecular complexity index is 377. The minimum Gasteiger partial charge on any atom is -0.504 e. The smallest absolute Gasteiger partial charge is 0.335 e. The first-order valence-electron chi connectivity index (χ1n) is 4.55. The van der Waals surface area contributed by atoms with Gasteiger partial charge in [0.05, 0.1) is 5.56 Å². The molecule has 0 aliphatic carbocycles. The van der Waals surface area contributed by atoms with Crippen LogP contribution in [-0.4, -0.2) is 21.8 Å². The van der Waals surface area contributed by atoms with Gasteiger partial charge in [-0.15, -0.1) is 0 Å². The number of phenols is 1. The highest BCUT2D eigenvalue weighted by Gasteiger charge is 2.15. The van der Waals surface area contributed by atoms with E-state index in [4.69, 9.17) is 9.84 Å². The number of rotatable bonds is 2. The fraction of sp³-hybridized carbons (Fsp3) is 0.364. The lowest BCUT2D eigenvalue weighted by molar-refractivity contribution is 0.0696. The van der Waals surface area contributed by atoms with Gasteiger partial charge in [-0.05, 0) is 39.0 Å². The molecule has 0 bridgehead atoms. The molecular formula is C11H14O4. The van der Waals surface area contributed by atoms with E-state index >= 15 is 0 Å². The van der Waals surface area contributed by atoms with Crippen molar-refractivity contribution in [3.05, 3.63) is 23.8 Å². The van der Waals surface area contributed by atoms with Crippen molar-refractivity contribution < 1.29 is 19.7 Å². The highest BCUT2D eigenvalue weighted by molar-refractivity contribution is 5.88. The Morgan fingerprint density at radius 3 is 2.33 bits per heavy atom. The van der Waals surface area contributed by atoms with E-state index in [0.29, 0.717) is 0 Å². The first-order valence-corrected chi connectivity index (χ1v) is 4.55. The third kappa shape index (κ3) is 3.16. The van der Waals surface area contributed by atoms with Crippen LogP contribution in [0.4, 0.5) is 0 Å². The van der Waals surface area contributed by atoms with Gasteiger partial charge in [0.15, 0.2) is 11.5 Å². The van der Waals surface area contributed by atoms with E-state index in [-0.39, 0.29) is 17.1 Å². The van der Waals surface area contributed by atoms with Gasteiger partial charge in [0.1, 0.15) is 5.60 Å². The van der Waals surface area contributed by atoms with Crippen molar-refractivity contribution in [2.75, 3.05) is 0 Å². The van der Waals surface area contributed by atoms with E-state index in [9.17, 15) is 9.90 Å². The molecule has 15 heavy (non-hydrogen) atoms. The summed E-state index contributed by atoms with van der Waals surface area (Å²) >= 11 is 0. The monoisotopic (exact) mass is 210 g/mol. The fourth-order valence-corrected chi connectivity index (χ4v) is 1.07. The van der Waals surface area contributed by atoms with E-state index in [2.05, 4.69) is 0 Å². The summed E-state index contributed by atoms with van der Waals surface area (Å²) in [7, 11) is 0. The van der Waals surface area contributed by atoms with Crippen LogP contribution in [0.3, 0.4) is 0 Å². The molecule has 0 saturated carbocycles. The van der Waals surface area contributed by atoms with Crippen molar-refractivity contribution >= 4 is 5.97 Å². The predicted octanol–water partition coefficient (Wildman–Crippen LogP) is 2.27. The zero-order valence-electron chi connectivity index (χ0n) is 8.94. The molecule has 0 heterocycles. The number of carboxylic acids is 1. The van der Waals surface area contributed by atoms with E-state index < -0.39 is 11.6 Å². The van der Waals surface area contributed by atoms with E-state index in [1.54, 1.807) is 0 Å². The van der Waals surface area contributed by atoms with Crippen molar-refractivity contribution in [2.45, 2.75) is 26.4 Å². The molecule has 0 saturated heterocycles. The zero-order valence-corrected chi connectivity index (χ0v) is 8.94. The minimum absolute atomic E-state index is 0.0359. The van der Waals surface area contributed by atoms with Crippen LogP contribution >= 0.6 is 0 Å². The summed E-state index contributed by atoms with van der Waals surface area (Å²) in [6.07, 6.45) is 0. The quantitative estimate of drug-likeness (QED) is 0.785. The second-order valence-electron chi connectivity index (χ2n) is 4.20. The molecule has 82 valence electrons. The van der Waals surface area contributed by atoms with E-state index in [1.807, 2.05) is 20.8 Å². The van der Waals surface area contributed by atoms with Crippen molar-refractivity contribution in [2.24, 2.45) is 0 Å². The van der Waals surface area contributed by atoms with Crippen LogP contribution in [0.1, 0.15) is 31.1 Å². The predicted molar refractivity (Wildman–Crippen MR) is 55.4 cm³/mol. The number of carbonyl (C=O) groups is 1. The van der Waals surface area contributed by atoms with Crippen molar-refractivity contribution in [1.82, 2.24) is 0 Å². The van der Waals surface area contributed by atoms with Crippen LogP contribution in [0.5, 0.6) is 11.5 Å². The number of hydrogen-bond donors (Lipinski definition) is 2.